The van der Waals surface area contributed by atoms with Gasteiger partial charge >= 0.3 is 23.2 Å². The molecule has 0 radical (unpaired) electrons. The predicted molar refractivity (Wildman–Crippen MR) is 194 cm³/mol. The zero-order valence-electron chi connectivity index (χ0n) is 29.4. The van der Waals surface area contributed by atoms with Crippen LogP contribution in [0.4, 0.5) is 16.2 Å². The molecule has 0 N–H and O–H groups in total. The van der Waals surface area contributed by atoms with E-state index in [1.807, 2.05) is 60.7 Å². The highest BCUT2D eigenvalue weighted by Gasteiger charge is 2.60. The van der Waals surface area contributed by atoms with Crippen molar-refractivity contribution in [1.82, 2.24) is 4.57 Å². The number of aromatic nitrogens is 1. The lowest BCUT2D eigenvalue weighted by Gasteiger charge is -2.51. The van der Waals surface area contributed by atoms with Gasteiger partial charge < -0.3 is 22.4 Å². The Kier molecular flexibility index (Phi) is 11.0. The summed E-state index contributed by atoms with van der Waals surface area (Å²) in [4.78, 5) is 29.1. The van der Waals surface area contributed by atoms with Crippen LogP contribution in [0.5, 0.6) is 5.75 Å². The van der Waals surface area contributed by atoms with Gasteiger partial charge in [0.05, 0.1) is 29.6 Å². The van der Waals surface area contributed by atoms with Gasteiger partial charge in [0.15, 0.2) is 0 Å². The van der Waals surface area contributed by atoms with Gasteiger partial charge in [-0.25, -0.2) is 9.69 Å². The second-order valence-corrected chi connectivity index (χ2v) is 22.7. The van der Waals surface area contributed by atoms with Crippen molar-refractivity contribution in [2.24, 2.45) is 0 Å². The number of rotatable bonds is 9. The average molecular weight is 691 g/mol. The lowest BCUT2D eigenvalue weighted by Crippen LogP contribution is -2.65. The Morgan fingerprint density at radius 2 is 1.40 bits per heavy atom. The minimum Gasteiger partial charge on any atom is -0.414 e. The van der Waals surface area contributed by atoms with Gasteiger partial charge in [0.1, 0.15) is 18.1 Å². The van der Waals surface area contributed by atoms with Crippen LogP contribution in [0.3, 0.4) is 0 Å². The lowest BCUT2D eigenvalue weighted by atomic mass is 10.2. The van der Waals surface area contributed by atoms with Gasteiger partial charge in [0, 0.05) is 12.6 Å². The van der Waals surface area contributed by atoms with E-state index in [4.69, 9.17) is 22.4 Å². The third-order valence-electron chi connectivity index (χ3n) is 9.57. The number of amides is 1. The highest BCUT2D eigenvalue weighted by atomic mass is 28.5. The summed E-state index contributed by atoms with van der Waals surface area (Å²) in [5, 5.41) is 0. The molecule has 0 aliphatic carbocycles. The summed E-state index contributed by atoms with van der Waals surface area (Å²) in [5.74, 6) is 0.112. The molecule has 258 valence electrons. The van der Waals surface area contributed by atoms with Gasteiger partial charge in [-0.3, -0.25) is 9.36 Å². The first-order valence-electron chi connectivity index (χ1n) is 17.0. The number of nitrogens with zero attached hydrogens (tertiary/aromatic N) is 2. The first kappa shape index (κ1) is 36.0. The van der Waals surface area contributed by atoms with Crippen LogP contribution in [-0.2, 0) is 17.7 Å². The molecule has 2 aliphatic heterocycles. The largest absolute Gasteiger partial charge is 0.424 e. The van der Waals surface area contributed by atoms with E-state index in [1.165, 1.54) is 11.0 Å². The third kappa shape index (κ3) is 6.76. The van der Waals surface area contributed by atoms with E-state index in [9.17, 15) is 9.59 Å². The molecule has 3 heterocycles. The number of pyridine rings is 1. The number of hydrogen-bond acceptors (Lipinski definition) is 7. The predicted octanol–water partition coefficient (Wildman–Crippen LogP) is 9.07. The van der Waals surface area contributed by atoms with E-state index in [1.54, 1.807) is 16.8 Å². The molecule has 2 aliphatic rings. The van der Waals surface area contributed by atoms with Gasteiger partial charge in [0.2, 0.25) is 0 Å². The Labute approximate surface area is 286 Å². The maximum Gasteiger partial charge on any atom is 0.424 e. The van der Waals surface area contributed by atoms with Crippen LogP contribution in [0.1, 0.15) is 73.6 Å². The first-order valence-corrected chi connectivity index (χ1v) is 21.0. The molecular formula is C37H50N2O7Si2. The van der Waals surface area contributed by atoms with Gasteiger partial charge in [-0.15, -0.1) is 0 Å². The molecule has 3 atom stereocenters. The summed E-state index contributed by atoms with van der Waals surface area (Å²) in [6, 6.07) is 20.1. The van der Waals surface area contributed by atoms with Crippen LogP contribution >= 0.6 is 0 Å². The number of ether oxygens (including phenoxy) is 2. The molecule has 5 rings (SSSR count). The number of carbonyl (C=O) groups excluding carboxylic acids is 1. The Hall–Kier alpha value is -3.33. The molecule has 1 aromatic heterocycles. The normalized spacial score (nSPS) is 22.0. The minimum atomic E-state index is -2.83. The number of anilines is 2. The van der Waals surface area contributed by atoms with Crippen LogP contribution in [-0.4, -0.2) is 46.6 Å². The molecule has 1 amide bonds. The van der Waals surface area contributed by atoms with Crippen molar-refractivity contribution in [2.45, 2.75) is 102 Å². The second-order valence-electron chi connectivity index (χ2n) is 13.9. The average Bonchev–Trinajstić information content (AvgIpc) is 3.43. The molecular weight excluding hydrogens is 641 g/mol. The Bertz CT molecular complexity index is 1570. The quantitative estimate of drug-likeness (QED) is 0.207. The molecule has 0 bridgehead atoms. The Balaban J connectivity index is 1.45. The number of para-hydroxylation sites is 2. The van der Waals surface area contributed by atoms with Crippen molar-refractivity contribution in [3.63, 3.8) is 0 Å². The third-order valence-corrected chi connectivity index (χ3v) is 19.8. The molecule has 11 heteroatoms. The van der Waals surface area contributed by atoms with Crippen molar-refractivity contribution < 1.29 is 27.2 Å². The maximum absolute atomic E-state index is 14.0. The van der Waals surface area contributed by atoms with Gasteiger partial charge in [-0.2, -0.15) is 0 Å². The van der Waals surface area contributed by atoms with Crippen molar-refractivity contribution in [1.29, 1.82) is 0 Å². The Morgan fingerprint density at radius 3 is 1.90 bits per heavy atom. The number of benzene rings is 2. The topological polar surface area (TPSA) is 88.5 Å². The van der Waals surface area contributed by atoms with Crippen molar-refractivity contribution in [2.75, 3.05) is 11.5 Å². The fraction of sp³-hybridized carbons (Fsp3) is 0.459. The molecule has 2 aromatic carbocycles. The first-order chi connectivity index (χ1) is 22.8. The SMILES string of the molecule is C=Cc1c(OC(=O)N(c2ccccc2)c2ccccc2)ccn([C@H]2C[C@@H]3O[Si](C(C)C)(C(C)C)O[Si](C(C)C)(C(C)C)OC[C@H]3O2)c1=O. The Morgan fingerprint density at radius 1 is 0.854 bits per heavy atom. The molecule has 0 saturated carbocycles. The van der Waals surface area contributed by atoms with Gasteiger partial charge in [-0.1, -0.05) is 104 Å². The van der Waals surface area contributed by atoms with Gasteiger partial charge in [0.25, 0.3) is 5.56 Å². The van der Waals surface area contributed by atoms with Crippen LogP contribution in [0, 0.1) is 0 Å². The van der Waals surface area contributed by atoms with E-state index >= 15 is 0 Å². The fourth-order valence-corrected chi connectivity index (χ4v) is 18.2. The van der Waals surface area contributed by atoms with Crippen molar-refractivity contribution in [3.05, 3.63) is 95.4 Å². The van der Waals surface area contributed by atoms with Crippen molar-refractivity contribution >= 4 is 40.7 Å². The van der Waals surface area contributed by atoms with E-state index < -0.39 is 29.4 Å². The van der Waals surface area contributed by atoms with Crippen molar-refractivity contribution in [3.8, 4) is 5.75 Å². The molecule has 0 spiro atoms. The van der Waals surface area contributed by atoms with Crippen LogP contribution < -0.4 is 15.2 Å². The second kappa shape index (κ2) is 14.7. The number of fused-ring (bicyclic) bond motifs is 1. The minimum absolute atomic E-state index is 0.112. The highest BCUT2D eigenvalue weighted by molar-refractivity contribution is 6.84. The smallest absolute Gasteiger partial charge is 0.414 e. The number of hydrogen-bond donors (Lipinski definition) is 0. The maximum atomic E-state index is 14.0. The molecule has 3 aromatic rings. The van der Waals surface area contributed by atoms with E-state index in [-0.39, 0.29) is 51.2 Å². The summed E-state index contributed by atoms with van der Waals surface area (Å²) in [6.45, 7) is 21.7. The zero-order valence-corrected chi connectivity index (χ0v) is 31.4. The lowest BCUT2D eigenvalue weighted by molar-refractivity contribution is -0.0562. The molecule has 2 fully saturated rings. The standard InChI is InChI=1S/C37H50N2O7Si2/c1-10-31-32(44-37(41)39(29-17-13-11-14-18-29)30-19-15-12-16-20-30)21-22-38(36(31)40)35-23-33-34(43-35)24-42-47(25(2)3,26(4)5)46-48(45-33,27(6)7)28(8)9/h10-22,25-28,33-35H,1,23-24H2,2-9H3/t33-,34+,35+/m0/s1. The molecule has 0 unspecified atom stereocenters. The zero-order chi connectivity index (χ0) is 34.8. The highest BCUT2D eigenvalue weighted by Crippen LogP contribution is 2.48. The summed E-state index contributed by atoms with van der Waals surface area (Å²) >= 11 is 0. The summed E-state index contributed by atoms with van der Waals surface area (Å²) in [5.41, 5.74) is 1.84. The van der Waals surface area contributed by atoms with Gasteiger partial charge in [-0.05, 0) is 52.5 Å². The molecule has 48 heavy (non-hydrogen) atoms. The number of carbonyl (C=O) groups is 1. The van der Waals surface area contributed by atoms with E-state index in [2.05, 4.69) is 62.0 Å². The summed E-state index contributed by atoms with van der Waals surface area (Å²) in [7, 11) is -5.56. The summed E-state index contributed by atoms with van der Waals surface area (Å²) in [6.07, 6.45) is 1.56. The van der Waals surface area contributed by atoms with E-state index in [0.717, 1.165) is 0 Å². The fourth-order valence-electron chi connectivity index (χ4n) is 7.01. The van der Waals surface area contributed by atoms with Crippen LogP contribution in [0.15, 0.2) is 84.3 Å². The monoisotopic (exact) mass is 690 g/mol. The van der Waals surface area contributed by atoms with Crippen LogP contribution in [0.25, 0.3) is 6.08 Å². The van der Waals surface area contributed by atoms with Crippen LogP contribution in [0.2, 0.25) is 22.2 Å². The molecule has 9 nitrogen and oxygen atoms in total. The summed E-state index contributed by atoms with van der Waals surface area (Å²) < 4.78 is 35.3. The molecule has 2 saturated heterocycles. The van der Waals surface area contributed by atoms with E-state index in [0.29, 0.717) is 24.4 Å².